The Bertz CT molecular complexity index is 446. The third-order valence-corrected chi connectivity index (χ3v) is 2.99. The Labute approximate surface area is 121 Å². The third-order valence-electron chi connectivity index (χ3n) is 2.99. The maximum atomic E-state index is 11.8. The number of carbonyl (C=O) groups is 1. The van der Waals surface area contributed by atoms with Crippen molar-refractivity contribution in [3.05, 3.63) is 42.5 Å². The second-order valence-electron chi connectivity index (χ2n) is 4.61. The highest BCUT2D eigenvalue weighted by molar-refractivity contribution is 5.80. The monoisotopic (exact) mass is 276 g/mol. The number of para-hydroxylation sites is 1. The average molecular weight is 276 g/mol. The van der Waals surface area contributed by atoms with Gasteiger partial charge in [-0.1, -0.05) is 31.2 Å². The van der Waals surface area contributed by atoms with Crippen molar-refractivity contribution in [2.45, 2.75) is 32.9 Å². The molecule has 2 unspecified atom stereocenters. The van der Waals surface area contributed by atoms with Gasteiger partial charge in [0.1, 0.15) is 5.75 Å². The number of carbonyl (C=O) groups excluding carboxylic acids is 1. The number of rotatable bonds is 8. The summed E-state index contributed by atoms with van der Waals surface area (Å²) in [6.45, 7) is 10.8. The number of hydrogen-bond acceptors (Lipinski definition) is 3. The van der Waals surface area contributed by atoms with Crippen LogP contribution >= 0.6 is 0 Å². The van der Waals surface area contributed by atoms with Gasteiger partial charge < -0.3 is 15.4 Å². The Hall–Kier alpha value is -1.81. The zero-order chi connectivity index (χ0) is 15.0. The quantitative estimate of drug-likeness (QED) is 0.717. The molecule has 4 nitrogen and oxygen atoms in total. The van der Waals surface area contributed by atoms with E-state index < -0.39 is 6.10 Å². The summed E-state index contributed by atoms with van der Waals surface area (Å²) in [4.78, 5) is 11.8. The van der Waals surface area contributed by atoms with Gasteiger partial charge in [-0.3, -0.25) is 4.79 Å². The molecular formula is C16H24N2O2. The van der Waals surface area contributed by atoms with Crippen LogP contribution in [-0.4, -0.2) is 25.1 Å². The lowest BCUT2D eigenvalue weighted by Crippen LogP contribution is -2.36. The molecule has 1 rings (SSSR count). The minimum Gasteiger partial charge on any atom is -0.481 e. The normalized spacial score (nSPS) is 13.3. The third kappa shape index (κ3) is 4.70. The van der Waals surface area contributed by atoms with E-state index in [0.717, 1.165) is 17.9 Å². The Morgan fingerprint density at radius 2 is 2.10 bits per heavy atom. The molecule has 110 valence electrons. The molecule has 0 fully saturated rings. The molecule has 0 aromatic heterocycles. The summed E-state index contributed by atoms with van der Waals surface area (Å²) >= 11 is 0. The van der Waals surface area contributed by atoms with E-state index in [4.69, 9.17) is 4.74 Å². The SMILES string of the molecule is C=CCNC(=O)C(C)Oc1ccccc1C(C)NCC. The van der Waals surface area contributed by atoms with Gasteiger partial charge in [0.05, 0.1) is 0 Å². The van der Waals surface area contributed by atoms with Crippen LogP contribution < -0.4 is 15.4 Å². The lowest BCUT2D eigenvalue weighted by Gasteiger charge is -2.20. The van der Waals surface area contributed by atoms with Gasteiger partial charge in [0.15, 0.2) is 6.10 Å². The van der Waals surface area contributed by atoms with E-state index in [0.29, 0.717) is 6.54 Å². The van der Waals surface area contributed by atoms with Crippen molar-refractivity contribution in [3.63, 3.8) is 0 Å². The molecule has 0 spiro atoms. The first-order valence-corrected chi connectivity index (χ1v) is 6.97. The number of ether oxygens (including phenoxy) is 1. The van der Waals surface area contributed by atoms with Crippen LogP contribution in [0.3, 0.4) is 0 Å². The van der Waals surface area contributed by atoms with E-state index in [-0.39, 0.29) is 11.9 Å². The highest BCUT2D eigenvalue weighted by Gasteiger charge is 2.17. The van der Waals surface area contributed by atoms with Gasteiger partial charge in [-0.25, -0.2) is 0 Å². The smallest absolute Gasteiger partial charge is 0.261 e. The van der Waals surface area contributed by atoms with Gasteiger partial charge in [-0.2, -0.15) is 0 Å². The molecule has 1 amide bonds. The summed E-state index contributed by atoms with van der Waals surface area (Å²) in [6, 6.07) is 7.96. The summed E-state index contributed by atoms with van der Waals surface area (Å²) in [5.41, 5.74) is 1.05. The number of hydrogen-bond donors (Lipinski definition) is 2. The van der Waals surface area contributed by atoms with Crippen LogP contribution in [0.2, 0.25) is 0 Å². The molecule has 1 aromatic carbocycles. The minimum absolute atomic E-state index is 0.143. The predicted molar refractivity (Wildman–Crippen MR) is 81.8 cm³/mol. The van der Waals surface area contributed by atoms with E-state index in [9.17, 15) is 4.79 Å². The molecular weight excluding hydrogens is 252 g/mol. The maximum Gasteiger partial charge on any atom is 0.261 e. The Balaban J connectivity index is 2.76. The van der Waals surface area contributed by atoms with Gasteiger partial charge >= 0.3 is 0 Å². The number of benzene rings is 1. The number of amides is 1. The predicted octanol–water partition coefficient (Wildman–Crippen LogP) is 2.43. The average Bonchev–Trinajstić information content (AvgIpc) is 2.45. The molecule has 20 heavy (non-hydrogen) atoms. The zero-order valence-corrected chi connectivity index (χ0v) is 12.5. The van der Waals surface area contributed by atoms with Gasteiger partial charge in [0.25, 0.3) is 5.91 Å². The Kier molecular flexibility index (Phi) is 6.81. The highest BCUT2D eigenvalue weighted by Crippen LogP contribution is 2.25. The van der Waals surface area contributed by atoms with Crippen molar-refractivity contribution in [1.29, 1.82) is 0 Å². The zero-order valence-electron chi connectivity index (χ0n) is 12.5. The van der Waals surface area contributed by atoms with Crippen LogP contribution in [0.1, 0.15) is 32.4 Å². The van der Waals surface area contributed by atoms with Crippen molar-refractivity contribution in [2.75, 3.05) is 13.1 Å². The standard InChI is InChI=1S/C16H24N2O2/c1-5-11-18-16(19)13(4)20-15-10-8-7-9-14(15)12(3)17-6-2/h5,7-10,12-13,17H,1,6,11H2,2-4H3,(H,18,19). The fraction of sp³-hybridized carbons (Fsp3) is 0.438. The Morgan fingerprint density at radius 1 is 1.40 bits per heavy atom. The van der Waals surface area contributed by atoms with Crippen molar-refractivity contribution in [1.82, 2.24) is 10.6 Å². The molecule has 0 bridgehead atoms. The Morgan fingerprint density at radius 3 is 2.75 bits per heavy atom. The van der Waals surface area contributed by atoms with Gasteiger partial charge in [0.2, 0.25) is 0 Å². The second-order valence-corrected chi connectivity index (χ2v) is 4.61. The van der Waals surface area contributed by atoms with Crippen molar-refractivity contribution >= 4 is 5.91 Å². The van der Waals surface area contributed by atoms with E-state index in [1.807, 2.05) is 24.3 Å². The fourth-order valence-electron chi connectivity index (χ4n) is 1.92. The van der Waals surface area contributed by atoms with E-state index in [1.165, 1.54) is 0 Å². The lowest BCUT2D eigenvalue weighted by atomic mass is 10.1. The summed E-state index contributed by atoms with van der Waals surface area (Å²) in [7, 11) is 0. The molecule has 2 atom stereocenters. The maximum absolute atomic E-state index is 11.8. The van der Waals surface area contributed by atoms with Gasteiger partial charge in [-0.15, -0.1) is 6.58 Å². The van der Waals surface area contributed by atoms with Crippen LogP contribution in [0, 0.1) is 0 Å². The first-order valence-electron chi connectivity index (χ1n) is 6.97. The van der Waals surface area contributed by atoms with Gasteiger partial charge in [0, 0.05) is 18.2 Å². The molecule has 0 radical (unpaired) electrons. The molecule has 0 aliphatic carbocycles. The summed E-state index contributed by atoms with van der Waals surface area (Å²) in [6.07, 6.45) is 1.11. The fourth-order valence-corrected chi connectivity index (χ4v) is 1.92. The first-order chi connectivity index (χ1) is 9.60. The molecule has 0 heterocycles. The van der Waals surface area contributed by atoms with Crippen molar-refractivity contribution in [2.24, 2.45) is 0 Å². The molecule has 2 N–H and O–H groups in total. The van der Waals surface area contributed by atoms with E-state index in [1.54, 1.807) is 13.0 Å². The number of nitrogens with one attached hydrogen (secondary N) is 2. The second kappa shape index (κ2) is 8.38. The molecule has 0 aliphatic rings. The van der Waals surface area contributed by atoms with Crippen molar-refractivity contribution in [3.8, 4) is 5.75 Å². The lowest BCUT2D eigenvalue weighted by molar-refractivity contribution is -0.127. The van der Waals surface area contributed by atoms with Crippen LogP contribution in [-0.2, 0) is 4.79 Å². The molecule has 1 aromatic rings. The largest absolute Gasteiger partial charge is 0.481 e. The molecule has 0 aliphatic heterocycles. The van der Waals surface area contributed by atoms with Crippen LogP contribution in [0.15, 0.2) is 36.9 Å². The summed E-state index contributed by atoms with van der Waals surface area (Å²) in [5, 5.41) is 6.07. The summed E-state index contributed by atoms with van der Waals surface area (Å²) in [5.74, 6) is 0.595. The van der Waals surface area contributed by atoms with Crippen LogP contribution in [0.4, 0.5) is 0 Å². The van der Waals surface area contributed by atoms with Crippen LogP contribution in [0.25, 0.3) is 0 Å². The van der Waals surface area contributed by atoms with Gasteiger partial charge in [-0.05, 0) is 26.5 Å². The molecule has 0 saturated heterocycles. The topological polar surface area (TPSA) is 50.4 Å². The minimum atomic E-state index is -0.537. The molecule has 4 heteroatoms. The van der Waals surface area contributed by atoms with Crippen LogP contribution in [0.5, 0.6) is 5.75 Å². The molecule has 0 saturated carbocycles. The van der Waals surface area contributed by atoms with E-state index >= 15 is 0 Å². The highest BCUT2D eigenvalue weighted by atomic mass is 16.5. The first kappa shape index (κ1) is 16.2. The summed E-state index contributed by atoms with van der Waals surface area (Å²) < 4.78 is 5.79. The van der Waals surface area contributed by atoms with Crippen molar-refractivity contribution < 1.29 is 9.53 Å². The van der Waals surface area contributed by atoms with E-state index in [2.05, 4.69) is 31.1 Å².